The molecule has 3 heterocycles. The number of aromatic nitrogens is 3. The number of anilines is 3. The highest BCUT2D eigenvalue weighted by Gasteiger charge is 2.14. The van der Waals surface area contributed by atoms with Crippen molar-refractivity contribution < 1.29 is 4.74 Å². The second-order valence-electron chi connectivity index (χ2n) is 8.15. The van der Waals surface area contributed by atoms with Crippen LogP contribution in [0.15, 0.2) is 54.0 Å². The number of hydrogen-bond donors (Lipinski definition) is 3. The Morgan fingerprint density at radius 1 is 1.29 bits per heavy atom. The zero-order chi connectivity index (χ0) is 23.8. The van der Waals surface area contributed by atoms with Crippen LogP contribution in [0.2, 0.25) is 0 Å². The second kappa shape index (κ2) is 11.7. The van der Waals surface area contributed by atoms with Crippen LogP contribution in [-0.2, 0) is 11.3 Å². The molecule has 1 aliphatic rings. The maximum Gasteiger partial charge on any atom is 0.189 e. The Morgan fingerprint density at radius 3 is 2.88 bits per heavy atom. The van der Waals surface area contributed by atoms with Gasteiger partial charge in [0.1, 0.15) is 11.0 Å². The monoisotopic (exact) mass is 474 g/mol. The topological polar surface area (TPSA) is 84.0 Å². The van der Waals surface area contributed by atoms with E-state index in [1.54, 1.807) is 0 Å². The van der Waals surface area contributed by atoms with Crippen molar-refractivity contribution in [1.29, 1.82) is 0 Å². The van der Waals surface area contributed by atoms with Gasteiger partial charge in [0, 0.05) is 36.7 Å². The van der Waals surface area contributed by atoms with Crippen LogP contribution in [0.1, 0.15) is 38.7 Å². The first-order valence-electron chi connectivity index (χ1n) is 11.6. The molecule has 2 aromatic heterocycles. The molecule has 0 bridgehead atoms. The van der Waals surface area contributed by atoms with Gasteiger partial charge in [-0.05, 0) is 50.0 Å². The summed E-state index contributed by atoms with van der Waals surface area (Å²) in [7, 11) is 0. The van der Waals surface area contributed by atoms with Gasteiger partial charge in [-0.2, -0.15) is 4.98 Å². The lowest BCUT2D eigenvalue weighted by Crippen LogP contribution is -2.25. The molecule has 1 saturated heterocycles. The molecule has 0 aliphatic carbocycles. The molecule has 1 aromatic carbocycles. The van der Waals surface area contributed by atoms with E-state index >= 15 is 0 Å². The van der Waals surface area contributed by atoms with Gasteiger partial charge in [-0.3, -0.25) is 0 Å². The van der Waals surface area contributed by atoms with Crippen molar-refractivity contribution in [2.75, 3.05) is 23.8 Å². The molecule has 0 saturated carbocycles. The summed E-state index contributed by atoms with van der Waals surface area (Å²) < 4.78 is 6.54. The van der Waals surface area contributed by atoms with Gasteiger partial charge in [0.15, 0.2) is 16.6 Å². The van der Waals surface area contributed by atoms with Crippen molar-refractivity contribution in [2.24, 2.45) is 0 Å². The lowest BCUT2D eigenvalue weighted by Gasteiger charge is -2.11. The number of rotatable bonds is 10. The molecule has 1 atom stereocenters. The van der Waals surface area contributed by atoms with Gasteiger partial charge in [-0.15, -0.1) is 6.42 Å². The number of hydrogen-bond acceptors (Lipinski definition) is 8. The van der Waals surface area contributed by atoms with Crippen LogP contribution in [-0.4, -0.2) is 34.2 Å². The summed E-state index contributed by atoms with van der Waals surface area (Å²) in [4.78, 5) is 13.4. The van der Waals surface area contributed by atoms with Crippen LogP contribution < -0.4 is 16.0 Å². The van der Waals surface area contributed by atoms with Gasteiger partial charge in [0.05, 0.1) is 6.10 Å². The lowest BCUT2D eigenvalue weighted by atomic mass is 10.2. The fourth-order valence-corrected chi connectivity index (χ4v) is 4.63. The maximum atomic E-state index is 5.66. The third-order valence-corrected chi connectivity index (χ3v) is 6.37. The average Bonchev–Trinajstić information content (AvgIpc) is 3.50. The van der Waals surface area contributed by atoms with E-state index in [-0.39, 0.29) is 0 Å². The van der Waals surface area contributed by atoms with E-state index in [1.165, 1.54) is 29.6 Å². The van der Waals surface area contributed by atoms with Gasteiger partial charge < -0.3 is 20.7 Å². The van der Waals surface area contributed by atoms with Gasteiger partial charge in [0.2, 0.25) is 0 Å². The van der Waals surface area contributed by atoms with E-state index < -0.39 is 0 Å². The van der Waals surface area contributed by atoms with Crippen LogP contribution in [0.3, 0.4) is 0 Å². The van der Waals surface area contributed by atoms with Crippen molar-refractivity contribution in [3.8, 4) is 12.3 Å². The minimum Gasteiger partial charge on any atom is -0.377 e. The molecule has 7 nitrogen and oxygen atoms in total. The highest BCUT2D eigenvalue weighted by molar-refractivity contribution is 7.22. The summed E-state index contributed by atoms with van der Waals surface area (Å²) in [6, 6.07) is 8.36. The number of fused-ring (bicyclic) bond motifs is 1. The Bertz CT molecular complexity index is 1200. The van der Waals surface area contributed by atoms with Crippen LogP contribution in [0.25, 0.3) is 10.3 Å². The fraction of sp³-hybridized carbons (Fsp3) is 0.346. The van der Waals surface area contributed by atoms with Gasteiger partial charge in [-0.1, -0.05) is 42.4 Å². The summed E-state index contributed by atoms with van der Waals surface area (Å²) in [5.74, 6) is 3.41. The van der Waals surface area contributed by atoms with Gasteiger partial charge in [-0.25, -0.2) is 9.97 Å². The van der Waals surface area contributed by atoms with E-state index in [0.717, 1.165) is 59.3 Å². The minimum absolute atomic E-state index is 0.355. The molecule has 4 rings (SSSR count). The SMILES string of the molecule is C#CC(=C/CC)/C=C(\C)Nc1ncnc2nc(Nc3ccc(CNC[C@H]4CCCO4)cc3)sc12. The van der Waals surface area contributed by atoms with E-state index in [4.69, 9.17) is 11.2 Å². The Balaban J connectivity index is 1.39. The molecule has 34 heavy (non-hydrogen) atoms. The number of thiazole rings is 1. The van der Waals surface area contributed by atoms with Crippen LogP contribution >= 0.6 is 11.3 Å². The summed E-state index contributed by atoms with van der Waals surface area (Å²) in [5, 5.41) is 11.0. The van der Waals surface area contributed by atoms with Crippen molar-refractivity contribution in [3.05, 3.63) is 59.6 Å². The molecular formula is C26H30N6OS. The Hall–Kier alpha value is -3.25. The second-order valence-corrected chi connectivity index (χ2v) is 9.15. The summed E-state index contributed by atoms with van der Waals surface area (Å²) in [6.45, 7) is 6.64. The molecule has 8 heteroatoms. The van der Waals surface area contributed by atoms with Gasteiger partial charge >= 0.3 is 0 Å². The quantitative estimate of drug-likeness (QED) is 0.269. The standard InChI is InChI=1S/C26H30N6OS/c1-4-7-19(5-2)14-18(3)30-24-23-25(29-17-28-24)32-26(34-23)31-21-11-9-20(10-12-21)15-27-16-22-8-6-13-33-22/h2,7,9-12,14,17,22,27H,4,6,8,13,15-16H2,1,3H3,(H2,28,29,30,31,32)/b18-14+,19-7-/t22-/m1/s1. The molecule has 176 valence electrons. The number of nitrogens with zero attached hydrogens (tertiary/aromatic N) is 3. The molecule has 3 N–H and O–H groups in total. The molecule has 0 amide bonds. The number of ether oxygens (including phenoxy) is 1. The molecule has 0 unspecified atom stereocenters. The van der Waals surface area contributed by atoms with Crippen molar-refractivity contribution >= 4 is 38.3 Å². The number of allylic oxidation sites excluding steroid dienone is 4. The van der Waals surface area contributed by atoms with E-state index in [2.05, 4.69) is 68.0 Å². The normalized spacial score (nSPS) is 16.6. The zero-order valence-corrected chi connectivity index (χ0v) is 20.4. The molecule has 1 fully saturated rings. The lowest BCUT2D eigenvalue weighted by molar-refractivity contribution is 0.110. The van der Waals surface area contributed by atoms with Crippen molar-refractivity contribution in [3.63, 3.8) is 0 Å². The minimum atomic E-state index is 0.355. The molecule has 0 spiro atoms. The predicted octanol–water partition coefficient (Wildman–Crippen LogP) is 5.38. The van der Waals surface area contributed by atoms with E-state index in [0.29, 0.717) is 17.6 Å². The highest BCUT2D eigenvalue weighted by atomic mass is 32.1. The Kier molecular flexibility index (Phi) is 8.26. The number of benzene rings is 1. The Morgan fingerprint density at radius 2 is 2.15 bits per heavy atom. The van der Waals surface area contributed by atoms with Crippen molar-refractivity contribution in [1.82, 2.24) is 20.3 Å². The first kappa shape index (κ1) is 23.9. The van der Waals surface area contributed by atoms with Gasteiger partial charge in [0.25, 0.3) is 0 Å². The van der Waals surface area contributed by atoms with Crippen molar-refractivity contribution in [2.45, 2.75) is 45.8 Å². The van der Waals surface area contributed by atoms with Crippen LogP contribution in [0, 0.1) is 12.3 Å². The van der Waals surface area contributed by atoms with Crippen LogP contribution in [0.4, 0.5) is 16.6 Å². The third-order valence-electron chi connectivity index (χ3n) is 5.40. The first-order chi connectivity index (χ1) is 16.6. The predicted molar refractivity (Wildman–Crippen MR) is 140 cm³/mol. The van der Waals surface area contributed by atoms with Crippen LogP contribution in [0.5, 0.6) is 0 Å². The molecule has 1 aliphatic heterocycles. The summed E-state index contributed by atoms with van der Waals surface area (Å²) in [5.41, 5.74) is 4.60. The molecule has 3 aromatic rings. The Labute approximate surface area is 204 Å². The fourth-order valence-electron chi connectivity index (χ4n) is 3.74. The maximum absolute atomic E-state index is 5.66. The largest absolute Gasteiger partial charge is 0.377 e. The zero-order valence-electron chi connectivity index (χ0n) is 19.6. The molecular weight excluding hydrogens is 444 g/mol. The summed E-state index contributed by atoms with van der Waals surface area (Å²) in [6.07, 6.45) is 14.6. The first-order valence-corrected chi connectivity index (χ1v) is 12.4. The van der Waals surface area contributed by atoms with E-state index in [9.17, 15) is 0 Å². The molecule has 0 radical (unpaired) electrons. The third kappa shape index (κ3) is 6.41. The smallest absolute Gasteiger partial charge is 0.189 e. The number of nitrogens with one attached hydrogen (secondary N) is 3. The summed E-state index contributed by atoms with van der Waals surface area (Å²) >= 11 is 1.51. The highest BCUT2D eigenvalue weighted by Crippen LogP contribution is 2.31. The average molecular weight is 475 g/mol. The van der Waals surface area contributed by atoms with E-state index in [1.807, 2.05) is 19.1 Å². The number of terminal acetylenes is 1.